The van der Waals surface area contributed by atoms with Crippen LogP contribution in [0.3, 0.4) is 0 Å². The molecule has 0 bridgehead atoms. The fourth-order valence-electron chi connectivity index (χ4n) is 2.71. The van der Waals surface area contributed by atoms with Gasteiger partial charge in [0.05, 0.1) is 23.0 Å². The monoisotopic (exact) mass is 454 g/mol. The summed E-state index contributed by atoms with van der Waals surface area (Å²) in [6.07, 6.45) is -2.91. The number of aryl methyl sites for hydroxylation is 1. The minimum Gasteiger partial charge on any atom is -0.349 e. The molecule has 2 aromatic carbocycles. The summed E-state index contributed by atoms with van der Waals surface area (Å²) in [5, 5.41) is 11.7. The number of halogens is 4. The largest absolute Gasteiger partial charge is 0.416 e. The predicted molar refractivity (Wildman–Crippen MR) is 110 cm³/mol. The van der Waals surface area contributed by atoms with Crippen molar-refractivity contribution in [1.29, 1.82) is 0 Å². The number of rotatable bonds is 6. The molecule has 0 saturated carbocycles. The summed E-state index contributed by atoms with van der Waals surface area (Å²) in [5.74, 6) is -0.303. The van der Waals surface area contributed by atoms with Gasteiger partial charge in [0.25, 0.3) is 0 Å². The van der Waals surface area contributed by atoms with E-state index in [0.717, 1.165) is 23.4 Å². The van der Waals surface area contributed by atoms with E-state index < -0.39 is 17.8 Å². The number of hydrogen-bond donors (Lipinski definition) is 1. The Balaban J connectivity index is 1.63. The lowest BCUT2D eigenvalue weighted by atomic mass is 10.0. The zero-order chi connectivity index (χ0) is 21.9. The van der Waals surface area contributed by atoms with Crippen molar-refractivity contribution in [3.8, 4) is 5.69 Å². The number of nitrogens with zero attached hydrogens (tertiary/aromatic N) is 3. The summed E-state index contributed by atoms with van der Waals surface area (Å²) in [4.78, 5) is 12.3. The van der Waals surface area contributed by atoms with Gasteiger partial charge >= 0.3 is 6.18 Å². The molecule has 5 nitrogen and oxygen atoms in total. The first kappa shape index (κ1) is 22.2. The van der Waals surface area contributed by atoms with Gasteiger partial charge in [-0.25, -0.2) is 0 Å². The highest BCUT2D eigenvalue weighted by molar-refractivity contribution is 7.99. The number of carbonyl (C=O) groups excluding carboxylic acids is 1. The van der Waals surface area contributed by atoms with Gasteiger partial charge in [0.2, 0.25) is 5.91 Å². The van der Waals surface area contributed by atoms with Crippen LogP contribution in [0.1, 0.15) is 29.7 Å². The van der Waals surface area contributed by atoms with Gasteiger partial charge in [-0.15, -0.1) is 10.2 Å². The lowest BCUT2D eigenvalue weighted by molar-refractivity contribution is -0.137. The third-order valence-electron chi connectivity index (χ3n) is 4.37. The Morgan fingerprint density at radius 3 is 2.73 bits per heavy atom. The molecule has 158 valence electrons. The minimum atomic E-state index is -4.43. The van der Waals surface area contributed by atoms with Crippen molar-refractivity contribution < 1.29 is 18.0 Å². The SMILES string of the molecule is Cc1ccc(-n2cnnc2SCC(=O)NC(C)c2cccc(C(F)(F)F)c2)cc1Cl. The molecule has 1 unspecified atom stereocenters. The van der Waals surface area contributed by atoms with E-state index in [1.54, 1.807) is 23.6 Å². The second-order valence-electron chi connectivity index (χ2n) is 6.62. The Labute approximate surface area is 180 Å². The van der Waals surface area contributed by atoms with Crippen molar-refractivity contribution in [2.24, 2.45) is 0 Å². The van der Waals surface area contributed by atoms with Crippen LogP contribution in [0, 0.1) is 6.92 Å². The van der Waals surface area contributed by atoms with E-state index in [-0.39, 0.29) is 11.7 Å². The molecule has 0 aliphatic rings. The Morgan fingerprint density at radius 2 is 2.03 bits per heavy atom. The smallest absolute Gasteiger partial charge is 0.349 e. The molecular formula is C20H18ClF3N4OS. The normalized spacial score (nSPS) is 12.6. The Hall–Kier alpha value is -2.52. The van der Waals surface area contributed by atoms with Gasteiger partial charge in [0.15, 0.2) is 5.16 Å². The van der Waals surface area contributed by atoms with E-state index in [1.165, 1.54) is 24.2 Å². The predicted octanol–water partition coefficient (Wildman–Crippen LogP) is 5.22. The van der Waals surface area contributed by atoms with Crippen LogP contribution in [0.5, 0.6) is 0 Å². The van der Waals surface area contributed by atoms with Crippen LogP contribution in [0.4, 0.5) is 13.2 Å². The van der Waals surface area contributed by atoms with Crippen molar-refractivity contribution in [1.82, 2.24) is 20.1 Å². The van der Waals surface area contributed by atoms with Gasteiger partial charge in [-0.3, -0.25) is 9.36 Å². The van der Waals surface area contributed by atoms with Crippen molar-refractivity contribution in [2.45, 2.75) is 31.2 Å². The van der Waals surface area contributed by atoms with Crippen LogP contribution >= 0.6 is 23.4 Å². The molecule has 0 saturated heterocycles. The number of nitrogens with one attached hydrogen (secondary N) is 1. The highest BCUT2D eigenvalue weighted by Crippen LogP contribution is 2.31. The summed E-state index contributed by atoms with van der Waals surface area (Å²) < 4.78 is 40.4. The minimum absolute atomic E-state index is 0.0294. The quantitative estimate of drug-likeness (QED) is 0.519. The summed E-state index contributed by atoms with van der Waals surface area (Å²) in [6.45, 7) is 3.53. The first-order valence-corrected chi connectivity index (χ1v) is 10.3. The number of carbonyl (C=O) groups is 1. The highest BCUT2D eigenvalue weighted by atomic mass is 35.5. The van der Waals surface area contributed by atoms with Gasteiger partial charge in [-0.2, -0.15) is 13.2 Å². The van der Waals surface area contributed by atoms with Gasteiger partial charge in [0, 0.05) is 5.02 Å². The van der Waals surface area contributed by atoms with Crippen molar-refractivity contribution in [2.75, 3.05) is 5.75 Å². The molecule has 0 spiro atoms. The maximum atomic E-state index is 12.9. The van der Waals surface area contributed by atoms with Crippen LogP contribution in [-0.2, 0) is 11.0 Å². The molecule has 0 aliphatic heterocycles. The van der Waals surface area contributed by atoms with Gasteiger partial charge < -0.3 is 5.32 Å². The van der Waals surface area contributed by atoms with E-state index in [9.17, 15) is 18.0 Å². The molecule has 3 rings (SSSR count). The zero-order valence-corrected chi connectivity index (χ0v) is 17.6. The zero-order valence-electron chi connectivity index (χ0n) is 16.1. The Bertz CT molecular complexity index is 1050. The van der Waals surface area contributed by atoms with E-state index >= 15 is 0 Å². The van der Waals surface area contributed by atoms with Crippen molar-refractivity contribution >= 4 is 29.3 Å². The second-order valence-corrected chi connectivity index (χ2v) is 7.97. The molecule has 0 aliphatic carbocycles. The number of alkyl halides is 3. The molecule has 10 heteroatoms. The average Bonchev–Trinajstić information content (AvgIpc) is 3.16. The molecule has 1 heterocycles. The number of hydrogen-bond acceptors (Lipinski definition) is 4. The molecule has 3 aromatic rings. The van der Waals surface area contributed by atoms with E-state index in [2.05, 4.69) is 15.5 Å². The first-order chi connectivity index (χ1) is 14.1. The van der Waals surface area contributed by atoms with Gasteiger partial charge in [0.1, 0.15) is 6.33 Å². The van der Waals surface area contributed by atoms with E-state index in [0.29, 0.717) is 15.7 Å². The second kappa shape index (κ2) is 9.09. The van der Waals surface area contributed by atoms with Crippen molar-refractivity contribution in [3.05, 3.63) is 70.5 Å². The maximum absolute atomic E-state index is 12.9. The van der Waals surface area contributed by atoms with Crippen molar-refractivity contribution in [3.63, 3.8) is 0 Å². The first-order valence-electron chi connectivity index (χ1n) is 8.91. The summed E-state index contributed by atoms with van der Waals surface area (Å²) >= 11 is 7.34. The third kappa shape index (κ3) is 5.34. The molecular weight excluding hydrogens is 437 g/mol. The molecule has 1 amide bonds. The van der Waals surface area contributed by atoms with E-state index in [4.69, 9.17) is 11.6 Å². The standard InChI is InChI=1S/C20H18ClF3N4OS/c1-12-6-7-16(9-17(12)21)28-11-25-27-19(28)30-10-18(29)26-13(2)14-4-3-5-15(8-14)20(22,23)24/h3-9,11,13H,10H2,1-2H3,(H,26,29). The molecule has 1 atom stereocenters. The van der Waals surface area contributed by atoms with Gasteiger partial charge in [-0.1, -0.05) is 41.6 Å². The van der Waals surface area contributed by atoms with E-state index in [1.807, 2.05) is 19.1 Å². The summed E-state index contributed by atoms with van der Waals surface area (Å²) in [5.41, 5.74) is 1.32. The molecule has 1 N–H and O–H groups in total. The molecule has 30 heavy (non-hydrogen) atoms. The number of amides is 1. The third-order valence-corrected chi connectivity index (χ3v) is 5.72. The fraction of sp³-hybridized carbons (Fsp3) is 0.250. The number of benzene rings is 2. The lowest BCUT2D eigenvalue weighted by Gasteiger charge is -2.16. The number of thioether (sulfide) groups is 1. The Kier molecular flexibility index (Phi) is 6.72. The average molecular weight is 455 g/mol. The van der Waals surface area contributed by atoms with Crippen LogP contribution in [-0.4, -0.2) is 26.4 Å². The maximum Gasteiger partial charge on any atom is 0.416 e. The van der Waals surface area contributed by atoms with Crippen LogP contribution in [0.2, 0.25) is 5.02 Å². The molecule has 0 fully saturated rings. The number of aromatic nitrogens is 3. The summed E-state index contributed by atoms with van der Waals surface area (Å²) in [6, 6.07) is 9.85. The molecule has 1 aromatic heterocycles. The fourth-order valence-corrected chi connectivity index (χ4v) is 3.63. The topological polar surface area (TPSA) is 59.8 Å². The molecule has 0 radical (unpaired) electrons. The van der Waals surface area contributed by atoms with Crippen LogP contribution < -0.4 is 5.32 Å². The van der Waals surface area contributed by atoms with Crippen LogP contribution in [0.25, 0.3) is 5.69 Å². The van der Waals surface area contributed by atoms with Gasteiger partial charge in [-0.05, 0) is 49.2 Å². The highest BCUT2D eigenvalue weighted by Gasteiger charge is 2.30. The Morgan fingerprint density at radius 1 is 1.27 bits per heavy atom. The lowest BCUT2D eigenvalue weighted by Crippen LogP contribution is -2.28. The van der Waals surface area contributed by atoms with Crippen LogP contribution in [0.15, 0.2) is 53.9 Å². The summed E-state index contributed by atoms with van der Waals surface area (Å²) in [7, 11) is 0.